The maximum Gasteiger partial charge on any atom is 0.335 e. The lowest BCUT2D eigenvalue weighted by Gasteiger charge is -2.22. The predicted octanol–water partition coefficient (Wildman–Crippen LogP) is 7.02. The zero-order chi connectivity index (χ0) is 75.0. The second-order valence-electron chi connectivity index (χ2n) is 22.7. The second-order valence-corrected chi connectivity index (χ2v) is 22.7. The molecule has 0 fully saturated rings. The number of aromatic carboxylic acids is 5. The van der Waals surface area contributed by atoms with E-state index in [-0.39, 0.29) is 86.2 Å². The van der Waals surface area contributed by atoms with Crippen LogP contribution in [0.3, 0.4) is 0 Å². The van der Waals surface area contributed by atoms with E-state index in [4.69, 9.17) is 65.8 Å². The number of fused-ring (bicyclic) bond motifs is 1. The summed E-state index contributed by atoms with van der Waals surface area (Å²) in [5.41, 5.74) is 13.7. The lowest BCUT2D eigenvalue weighted by molar-refractivity contribution is -0.131. The molecule has 1 aliphatic rings. The number of hydrogen-bond donors (Lipinski definition) is 13. The number of carboxylic acid groups (broad SMARTS) is 5. The summed E-state index contributed by atoms with van der Waals surface area (Å²) >= 11 is 0. The molecule has 0 spiro atoms. The quantitative estimate of drug-likeness (QED) is 0.0159. The Hall–Kier alpha value is -12.5. The van der Waals surface area contributed by atoms with Crippen LogP contribution in [0.25, 0.3) is 0 Å². The fraction of sp³-hybridized carbons (Fsp3) is 0.194. The molecule has 0 bridgehead atoms. The molecule has 0 radical (unpaired) electrons. The summed E-state index contributed by atoms with van der Waals surface area (Å²) in [4.78, 5) is 108. The number of nitrogens with zero attached hydrogens (tertiary/aromatic N) is 5. The lowest BCUT2D eigenvalue weighted by atomic mass is 10.1. The fourth-order valence-corrected chi connectivity index (χ4v) is 10.2. The molecule has 1 heterocycles. The first-order valence-electron chi connectivity index (χ1n) is 30.8. The van der Waals surface area contributed by atoms with E-state index in [1.807, 2.05) is 18.2 Å². The maximum absolute atomic E-state index is 13.9. The number of methoxy groups -OCH3 is 1. The van der Waals surface area contributed by atoms with Crippen LogP contribution in [0.2, 0.25) is 0 Å². The number of benzene rings is 8. The van der Waals surface area contributed by atoms with Crippen molar-refractivity contribution in [1.29, 1.82) is 5.26 Å². The number of nitriles is 1. The van der Waals surface area contributed by atoms with Gasteiger partial charge in [0.2, 0.25) is 6.79 Å². The lowest BCUT2D eigenvalue weighted by Crippen LogP contribution is -2.35. The van der Waals surface area contributed by atoms with E-state index in [1.54, 1.807) is 151 Å². The summed E-state index contributed by atoms with van der Waals surface area (Å²) < 4.78 is 29.4. The number of nitrogens with one attached hydrogen (secondary N) is 4. The fourth-order valence-electron chi connectivity index (χ4n) is 10.2. The summed E-state index contributed by atoms with van der Waals surface area (Å²) in [7, 11) is 1.37. The molecule has 8 aromatic rings. The summed E-state index contributed by atoms with van der Waals surface area (Å²) in [5.74, 6) is -6.62. The highest BCUT2D eigenvalue weighted by molar-refractivity contribution is 5.90. The largest absolute Gasteiger partial charge is 0.494 e. The van der Waals surface area contributed by atoms with E-state index in [0.717, 1.165) is 27.8 Å². The van der Waals surface area contributed by atoms with E-state index in [2.05, 4.69) is 0 Å². The molecular weight excluding hydrogens is 1350 g/mol. The van der Waals surface area contributed by atoms with E-state index in [9.17, 15) is 47.5 Å². The van der Waals surface area contributed by atoms with Gasteiger partial charge in [0.25, 0.3) is 23.6 Å². The number of amides is 4. The molecule has 8 aromatic carbocycles. The van der Waals surface area contributed by atoms with Gasteiger partial charge in [0.15, 0.2) is 23.1 Å². The minimum absolute atomic E-state index is 0.0533. The first-order chi connectivity index (χ1) is 49.4. The summed E-state index contributed by atoms with van der Waals surface area (Å²) in [6.07, 6.45) is 0. The molecule has 30 nitrogen and oxygen atoms in total. The number of carbonyl (C=O) groups excluding carboxylic acids is 4. The molecule has 0 atom stereocenters. The highest BCUT2D eigenvalue weighted by Crippen LogP contribution is 2.33. The number of ether oxygens (including phenoxy) is 3. The Morgan fingerprint density at radius 1 is 0.388 bits per heavy atom. The minimum atomic E-state index is -1.05. The van der Waals surface area contributed by atoms with Crippen LogP contribution < -0.4 is 36.1 Å². The third-order valence-corrected chi connectivity index (χ3v) is 14.8. The maximum atomic E-state index is 13.9. The summed E-state index contributed by atoms with van der Waals surface area (Å²) in [6, 6.07) is 50.8. The molecule has 4 amide bonds. The number of rotatable bonds is 30. The molecule has 0 aliphatic carbocycles. The molecule has 0 saturated heterocycles. The van der Waals surface area contributed by atoms with E-state index >= 15 is 0 Å². The van der Waals surface area contributed by atoms with Gasteiger partial charge < -0.3 is 39.7 Å². The molecule has 0 aromatic heterocycles. The Morgan fingerprint density at radius 2 is 0.680 bits per heavy atom. The third kappa shape index (κ3) is 26.9. The Balaban J connectivity index is 0.000000216. The topological polar surface area (TPSA) is 448 Å². The SMILES string of the molecule is COc1ccc(CN(CC(=O)NO)Cc2cccc(C(=O)O)c2)cc1F.N#Cc1ccc(CN(CC(=O)NO)Cc2cccc(C(=O)O)c2)cc1.O=C(CN(Cc1ccc(C(=O)O)cc1)Cc1cccc(C(=O)O)c1)NO.O=C(CN(Cc1cccc(C(=O)O)c1)Cc1ccc2c(c1)OCO2)NO. The minimum Gasteiger partial charge on any atom is -0.494 e. The molecule has 31 heteroatoms. The molecule has 9 rings (SSSR count). The van der Waals surface area contributed by atoms with Crippen molar-refractivity contribution in [3.8, 4) is 23.3 Å². The molecule has 538 valence electrons. The Morgan fingerprint density at radius 3 is 0.990 bits per heavy atom. The Bertz CT molecular complexity index is 4300. The van der Waals surface area contributed by atoms with Gasteiger partial charge in [-0.2, -0.15) is 5.26 Å². The molecule has 0 saturated carbocycles. The monoisotopic (exact) mass is 1420 g/mol. The van der Waals surface area contributed by atoms with Crippen molar-refractivity contribution in [3.63, 3.8) is 0 Å². The van der Waals surface area contributed by atoms with E-state index < -0.39 is 59.3 Å². The van der Waals surface area contributed by atoms with Crippen LogP contribution in [0.1, 0.15) is 102 Å². The van der Waals surface area contributed by atoms with Gasteiger partial charge in [-0.05, 0) is 142 Å². The van der Waals surface area contributed by atoms with E-state index in [1.165, 1.54) is 67.8 Å². The van der Waals surface area contributed by atoms with Gasteiger partial charge in [-0.25, -0.2) is 50.3 Å². The van der Waals surface area contributed by atoms with Gasteiger partial charge >= 0.3 is 29.8 Å². The standard InChI is InChI=1S/C18H19FN2O5.C18H17N3O4.2C18H18N2O6/c1-26-16-6-5-13(8-15(16)19)10-21(11-17(22)20-25)9-12-3-2-4-14(7-12)18(23)24;19-9-13-4-6-14(7-5-13)10-21(12-17(22)20-25)11-15-2-1-3-16(8-15)18(23)24;21-17(19-24)10-20(8-12-2-1-3-14(6-12)18(22)23)9-13-4-5-15-16(7-13)26-11-25-15;21-16(19-26)11-20(9-12-4-6-14(7-5-12)17(22)23)10-13-2-1-3-15(8-13)18(24)25/h2-8,25H,9-11H2,1H3,(H,20,22)(H,23,24);1-8,25H,10-12H2,(H,20,22)(H,23,24);1-7,24H,8-11H2,(H,19,21)(H,22,23);1-8,26H,9-11H2,(H,19,21)(H,22,23)(H,24,25). The summed E-state index contributed by atoms with van der Waals surface area (Å²) in [6.45, 7) is 2.30. The highest BCUT2D eigenvalue weighted by atomic mass is 19.1. The zero-order valence-corrected chi connectivity index (χ0v) is 55.1. The molecule has 0 unspecified atom stereocenters. The second kappa shape index (κ2) is 40.5. The van der Waals surface area contributed by atoms with Crippen LogP contribution in [-0.4, -0.2) is 160 Å². The number of hydroxylamine groups is 4. The van der Waals surface area contributed by atoms with Crippen molar-refractivity contribution in [2.75, 3.05) is 40.1 Å². The van der Waals surface area contributed by atoms with Gasteiger partial charge in [-0.3, -0.25) is 59.6 Å². The average Bonchev–Trinajstić information content (AvgIpc) is 1.80. The number of hydrogen-bond acceptors (Lipinski definition) is 21. The molecule has 1 aliphatic heterocycles. The van der Waals surface area contributed by atoms with Gasteiger partial charge in [0, 0.05) is 52.4 Å². The van der Waals surface area contributed by atoms with Gasteiger partial charge in [0.05, 0.1) is 72.7 Å². The van der Waals surface area contributed by atoms with Crippen molar-refractivity contribution in [3.05, 3.63) is 266 Å². The molecular formula is C72H72FN9O21. The van der Waals surface area contributed by atoms with Gasteiger partial charge in [-0.1, -0.05) is 84.9 Å². The normalized spacial score (nSPS) is 10.9. The summed E-state index contributed by atoms with van der Waals surface area (Å²) in [5, 5.41) is 89.2. The van der Waals surface area contributed by atoms with Crippen LogP contribution in [0.5, 0.6) is 17.2 Å². The van der Waals surface area contributed by atoms with Crippen molar-refractivity contribution < 1.29 is 108 Å². The smallest absolute Gasteiger partial charge is 0.335 e. The third-order valence-electron chi connectivity index (χ3n) is 14.8. The first-order valence-corrected chi connectivity index (χ1v) is 30.8. The number of carboxylic acids is 5. The van der Waals surface area contributed by atoms with Gasteiger partial charge in [0.1, 0.15) is 0 Å². The van der Waals surface area contributed by atoms with Crippen molar-refractivity contribution in [2.45, 2.75) is 52.4 Å². The van der Waals surface area contributed by atoms with Gasteiger partial charge in [-0.15, -0.1) is 0 Å². The van der Waals surface area contributed by atoms with Crippen LogP contribution in [0, 0.1) is 17.1 Å². The molecule has 103 heavy (non-hydrogen) atoms. The van der Waals surface area contributed by atoms with E-state index in [0.29, 0.717) is 66.5 Å². The van der Waals surface area contributed by atoms with Crippen LogP contribution >= 0.6 is 0 Å². The highest BCUT2D eigenvalue weighted by Gasteiger charge is 2.21. The van der Waals surface area contributed by atoms with Crippen LogP contribution in [0.4, 0.5) is 4.39 Å². The van der Waals surface area contributed by atoms with Crippen molar-refractivity contribution in [2.24, 2.45) is 0 Å². The average molecular weight is 1420 g/mol. The van der Waals surface area contributed by atoms with Crippen molar-refractivity contribution >= 4 is 53.5 Å². The zero-order valence-electron chi connectivity index (χ0n) is 55.1. The number of carbonyl (C=O) groups is 9. The van der Waals surface area contributed by atoms with Crippen LogP contribution in [-0.2, 0) is 71.5 Å². The van der Waals surface area contributed by atoms with Crippen LogP contribution in [0.15, 0.2) is 182 Å². The molecule has 13 N–H and O–H groups in total. The van der Waals surface area contributed by atoms with Crippen molar-refractivity contribution in [1.82, 2.24) is 41.5 Å². The Labute approximate surface area is 587 Å². The first kappa shape index (κ1) is 79.5. The predicted molar refractivity (Wildman–Crippen MR) is 360 cm³/mol. The number of halogens is 1. The Kier molecular flexibility index (Phi) is 31.3.